The highest BCUT2D eigenvalue weighted by Crippen LogP contribution is 2.46. The molecule has 18 heavy (non-hydrogen) atoms. The van der Waals surface area contributed by atoms with Crippen molar-refractivity contribution in [2.45, 2.75) is 59.3 Å². The van der Waals surface area contributed by atoms with Crippen LogP contribution < -0.4 is 0 Å². The Bertz CT molecular complexity index is 356. The van der Waals surface area contributed by atoms with Gasteiger partial charge >= 0.3 is 0 Å². The molecular weight excluding hydrogens is 216 g/mol. The zero-order valence-corrected chi connectivity index (χ0v) is 12.3. The van der Waals surface area contributed by atoms with Crippen LogP contribution in [0.25, 0.3) is 0 Å². The van der Waals surface area contributed by atoms with E-state index in [2.05, 4.69) is 45.1 Å². The van der Waals surface area contributed by atoms with Crippen molar-refractivity contribution in [3.8, 4) is 0 Å². The fraction of sp³-hybridized carbons (Fsp3) is 0.667. The van der Waals surface area contributed by atoms with Gasteiger partial charge in [0.1, 0.15) is 0 Å². The molecule has 0 aromatic carbocycles. The zero-order valence-electron chi connectivity index (χ0n) is 12.3. The molecule has 0 aliphatic heterocycles. The number of rotatable bonds is 6. The highest BCUT2D eigenvalue weighted by Gasteiger charge is 2.35. The van der Waals surface area contributed by atoms with Crippen molar-refractivity contribution in [1.82, 2.24) is 0 Å². The molecule has 0 saturated heterocycles. The summed E-state index contributed by atoms with van der Waals surface area (Å²) < 4.78 is 0. The second kappa shape index (κ2) is 6.41. The van der Waals surface area contributed by atoms with Crippen LogP contribution in [0.15, 0.2) is 35.5 Å². The van der Waals surface area contributed by atoms with Crippen molar-refractivity contribution >= 4 is 0 Å². The molecule has 0 radical (unpaired) electrons. The molecule has 3 unspecified atom stereocenters. The SMILES string of the molecule is CC=C(CC=C(C)CCC)CC1CC2C=CC1C2. The summed E-state index contributed by atoms with van der Waals surface area (Å²) in [5.74, 6) is 2.74. The Morgan fingerprint density at radius 1 is 1.28 bits per heavy atom. The Morgan fingerprint density at radius 2 is 2.11 bits per heavy atom. The van der Waals surface area contributed by atoms with Crippen LogP contribution in [-0.4, -0.2) is 0 Å². The Kier molecular flexibility index (Phi) is 4.86. The molecule has 2 rings (SSSR count). The molecule has 0 heterocycles. The van der Waals surface area contributed by atoms with Gasteiger partial charge in [-0.25, -0.2) is 0 Å². The first kappa shape index (κ1) is 13.6. The molecule has 2 bridgehead atoms. The molecule has 100 valence electrons. The van der Waals surface area contributed by atoms with Crippen LogP contribution in [0.4, 0.5) is 0 Å². The van der Waals surface area contributed by atoms with Crippen LogP contribution in [-0.2, 0) is 0 Å². The third kappa shape index (κ3) is 3.37. The predicted molar refractivity (Wildman–Crippen MR) is 80.5 cm³/mol. The summed E-state index contributed by atoms with van der Waals surface area (Å²) in [5.41, 5.74) is 3.21. The average molecular weight is 244 g/mol. The minimum absolute atomic E-state index is 0.894. The molecule has 0 aromatic rings. The lowest BCUT2D eigenvalue weighted by molar-refractivity contribution is 0.441. The number of allylic oxidation sites excluding steroid dienone is 6. The van der Waals surface area contributed by atoms with Crippen LogP contribution in [0.5, 0.6) is 0 Å². The van der Waals surface area contributed by atoms with E-state index in [-0.39, 0.29) is 0 Å². The maximum Gasteiger partial charge on any atom is -0.0136 e. The Hall–Kier alpha value is -0.780. The van der Waals surface area contributed by atoms with E-state index in [4.69, 9.17) is 0 Å². The van der Waals surface area contributed by atoms with Crippen LogP contribution in [0, 0.1) is 17.8 Å². The van der Waals surface area contributed by atoms with Gasteiger partial charge in [0.2, 0.25) is 0 Å². The summed E-state index contributed by atoms with van der Waals surface area (Å²) in [7, 11) is 0. The molecule has 0 heteroatoms. The molecule has 0 amide bonds. The zero-order chi connectivity index (χ0) is 13.0. The molecule has 2 aliphatic rings. The van der Waals surface area contributed by atoms with E-state index < -0.39 is 0 Å². The number of fused-ring (bicyclic) bond motifs is 2. The molecule has 0 nitrogen and oxygen atoms in total. The molecule has 0 spiro atoms. The van der Waals surface area contributed by atoms with E-state index in [9.17, 15) is 0 Å². The Morgan fingerprint density at radius 3 is 2.67 bits per heavy atom. The lowest BCUT2D eigenvalue weighted by Crippen LogP contribution is -2.07. The van der Waals surface area contributed by atoms with Gasteiger partial charge in [-0.05, 0) is 63.7 Å². The summed E-state index contributed by atoms with van der Waals surface area (Å²) in [6.07, 6.45) is 17.6. The maximum absolute atomic E-state index is 2.48. The first-order valence-corrected chi connectivity index (χ1v) is 7.71. The van der Waals surface area contributed by atoms with Crippen molar-refractivity contribution in [2.24, 2.45) is 17.8 Å². The summed E-state index contributed by atoms with van der Waals surface area (Å²) in [5, 5.41) is 0. The van der Waals surface area contributed by atoms with Gasteiger partial charge in [-0.3, -0.25) is 0 Å². The second-order valence-electron chi connectivity index (χ2n) is 6.20. The normalized spacial score (nSPS) is 31.4. The minimum atomic E-state index is 0.894. The fourth-order valence-corrected chi connectivity index (χ4v) is 3.59. The predicted octanol–water partition coefficient (Wildman–Crippen LogP) is 5.67. The first-order valence-electron chi connectivity index (χ1n) is 7.71. The Balaban J connectivity index is 1.83. The van der Waals surface area contributed by atoms with E-state index >= 15 is 0 Å². The van der Waals surface area contributed by atoms with Crippen LogP contribution in [0.1, 0.15) is 59.3 Å². The Labute approximate surface area is 113 Å². The molecule has 1 saturated carbocycles. The van der Waals surface area contributed by atoms with Crippen LogP contribution in [0.2, 0.25) is 0 Å². The van der Waals surface area contributed by atoms with E-state index in [1.165, 1.54) is 38.5 Å². The summed E-state index contributed by atoms with van der Waals surface area (Å²) in [6, 6.07) is 0. The average Bonchev–Trinajstić information content (AvgIpc) is 2.96. The van der Waals surface area contributed by atoms with Crippen molar-refractivity contribution < 1.29 is 0 Å². The van der Waals surface area contributed by atoms with Gasteiger partial charge in [0, 0.05) is 0 Å². The lowest BCUT2D eigenvalue weighted by Gasteiger charge is -2.19. The van der Waals surface area contributed by atoms with Gasteiger partial charge < -0.3 is 0 Å². The molecular formula is C18H28. The first-order chi connectivity index (χ1) is 8.72. The number of hydrogen-bond acceptors (Lipinski definition) is 0. The molecule has 3 atom stereocenters. The van der Waals surface area contributed by atoms with Gasteiger partial charge in [-0.1, -0.05) is 48.8 Å². The third-order valence-electron chi connectivity index (χ3n) is 4.71. The third-order valence-corrected chi connectivity index (χ3v) is 4.71. The monoisotopic (exact) mass is 244 g/mol. The quantitative estimate of drug-likeness (QED) is 0.528. The summed E-state index contributed by atoms with van der Waals surface area (Å²) in [4.78, 5) is 0. The molecule has 0 N–H and O–H groups in total. The van der Waals surface area contributed by atoms with E-state index in [0.717, 1.165) is 17.8 Å². The summed E-state index contributed by atoms with van der Waals surface area (Å²) in [6.45, 7) is 6.74. The van der Waals surface area contributed by atoms with Gasteiger partial charge in [-0.2, -0.15) is 0 Å². The number of hydrogen-bond donors (Lipinski definition) is 0. The minimum Gasteiger partial charge on any atom is -0.0881 e. The van der Waals surface area contributed by atoms with Gasteiger partial charge in [0.25, 0.3) is 0 Å². The van der Waals surface area contributed by atoms with Crippen molar-refractivity contribution in [3.63, 3.8) is 0 Å². The lowest BCUT2D eigenvalue weighted by atomic mass is 9.86. The van der Waals surface area contributed by atoms with Crippen LogP contribution in [0.3, 0.4) is 0 Å². The van der Waals surface area contributed by atoms with E-state index in [1.807, 2.05) is 0 Å². The van der Waals surface area contributed by atoms with Gasteiger partial charge in [0.05, 0.1) is 0 Å². The highest BCUT2D eigenvalue weighted by molar-refractivity contribution is 5.16. The van der Waals surface area contributed by atoms with Gasteiger partial charge in [-0.15, -0.1) is 0 Å². The molecule has 1 fully saturated rings. The van der Waals surface area contributed by atoms with Crippen molar-refractivity contribution in [3.05, 3.63) is 35.5 Å². The topological polar surface area (TPSA) is 0 Å². The maximum atomic E-state index is 2.48. The van der Waals surface area contributed by atoms with Crippen molar-refractivity contribution in [2.75, 3.05) is 0 Å². The standard InChI is InChI=1S/C18H28/c1-4-6-14(3)7-8-15(5-2)11-18-13-16-9-10-17(18)12-16/h5,7,9-10,16-18H,4,6,8,11-13H2,1-3H3. The highest BCUT2D eigenvalue weighted by atomic mass is 14.4. The largest absolute Gasteiger partial charge is 0.0881 e. The van der Waals surface area contributed by atoms with Crippen LogP contribution >= 0.6 is 0 Å². The second-order valence-corrected chi connectivity index (χ2v) is 6.20. The fourth-order valence-electron chi connectivity index (χ4n) is 3.59. The smallest absolute Gasteiger partial charge is 0.0136 e. The molecule has 2 aliphatic carbocycles. The van der Waals surface area contributed by atoms with E-state index in [0.29, 0.717) is 0 Å². The summed E-state index contributed by atoms with van der Waals surface area (Å²) >= 11 is 0. The van der Waals surface area contributed by atoms with Crippen molar-refractivity contribution in [1.29, 1.82) is 0 Å². The molecule has 0 aromatic heterocycles. The van der Waals surface area contributed by atoms with Gasteiger partial charge in [0.15, 0.2) is 0 Å². The van der Waals surface area contributed by atoms with E-state index in [1.54, 1.807) is 11.1 Å².